The Kier molecular flexibility index (Phi) is 3.93. The van der Waals surface area contributed by atoms with Crippen molar-refractivity contribution in [3.63, 3.8) is 0 Å². The van der Waals surface area contributed by atoms with Gasteiger partial charge in [-0.1, -0.05) is 17.7 Å². The Morgan fingerprint density at radius 2 is 2.22 bits per heavy atom. The lowest BCUT2D eigenvalue weighted by atomic mass is 10.1. The number of amides is 1. The highest BCUT2D eigenvalue weighted by Gasteiger charge is 2.35. The van der Waals surface area contributed by atoms with Crippen molar-refractivity contribution in [1.29, 1.82) is 0 Å². The van der Waals surface area contributed by atoms with E-state index in [1.165, 1.54) is 12.8 Å². The van der Waals surface area contributed by atoms with Crippen molar-refractivity contribution in [2.45, 2.75) is 25.8 Å². The summed E-state index contributed by atoms with van der Waals surface area (Å²) in [7, 11) is 1.83. The first kappa shape index (κ1) is 13.4. The largest absolute Gasteiger partial charge is 0.337 e. The van der Waals surface area contributed by atoms with Gasteiger partial charge in [0.1, 0.15) is 0 Å². The van der Waals surface area contributed by atoms with Gasteiger partial charge in [0.15, 0.2) is 0 Å². The fourth-order valence-electron chi connectivity index (χ4n) is 2.23. The van der Waals surface area contributed by atoms with E-state index >= 15 is 0 Å². The van der Waals surface area contributed by atoms with Crippen LogP contribution in [0.1, 0.15) is 28.8 Å². The lowest BCUT2D eigenvalue weighted by Crippen LogP contribution is -2.43. The van der Waals surface area contributed by atoms with Crippen molar-refractivity contribution in [3.8, 4) is 0 Å². The average Bonchev–Trinajstić information content (AvgIpc) is 3.17. The zero-order valence-electron chi connectivity index (χ0n) is 10.8. The summed E-state index contributed by atoms with van der Waals surface area (Å²) in [4.78, 5) is 14.1. The molecule has 0 spiro atoms. The molecule has 1 atom stereocenters. The van der Waals surface area contributed by atoms with Crippen LogP contribution >= 0.6 is 11.6 Å². The summed E-state index contributed by atoms with van der Waals surface area (Å²) in [6.45, 7) is 2.44. The number of nitrogens with two attached hydrogens (primary N) is 1. The van der Waals surface area contributed by atoms with Crippen LogP contribution in [-0.4, -0.2) is 30.4 Å². The predicted octanol–water partition coefficient (Wildman–Crippen LogP) is 2.46. The molecule has 0 saturated heterocycles. The minimum absolute atomic E-state index is 0.000694. The molecule has 0 bridgehead atoms. The third-order valence-electron chi connectivity index (χ3n) is 3.64. The van der Waals surface area contributed by atoms with E-state index in [2.05, 4.69) is 0 Å². The van der Waals surface area contributed by atoms with Crippen LogP contribution in [0.5, 0.6) is 0 Å². The molecule has 1 amide bonds. The van der Waals surface area contributed by atoms with Gasteiger partial charge in [-0.25, -0.2) is 0 Å². The second-order valence-corrected chi connectivity index (χ2v) is 5.43. The summed E-state index contributed by atoms with van der Waals surface area (Å²) in [5, 5.41) is 0.630. The fourth-order valence-corrected chi connectivity index (χ4v) is 2.41. The highest BCUT2D eigenvalue weighted by molar-refractivity contribution is 6.31. The summed E-state index contributed by atoms with van der Waals surface area (Å²) in [5.41, 5.74) is 7.38. The smallest absolute Gasteiger partial charge is 0.253 e. The zero-order valence-corrected chi connectivity index (χ0v) is 11.6. The maximum absolute atomic E-state index is 12.4. The molecule has 1 aliphatic rings. The molecule has 3 nitrogen and oxygen atoms in total. The molecular weight excluding hydrogens is 248 g/mol. The van der Waals surface area contributed by atoms with E-state index in [1.54, 1.807) is 11.0 Å². The normalized spacial score (nSPS) is 16.4. The van der Waals surface area contributed by atoms with Crippen LogP contribution in [0.4, 0.5) is 0 Å². The van der Waals surface area contributed by atoms with E-state index in [0.717, 1.165) is 5.56 Å². The highest BCUT2D eigenvalue weighted by atomic mass is 35.5. The van der Waals surface area contributed by atoms with Crippen LogP contribution in [0.25, 0.3) is 0 Å². The van der Waals surface area contributed by atoms with Crippen molar-refractivity contribution < 1.29 is 4.79 Å². The maximum Gasteiger partial charge on any atom is 0.253 e. The van der Waals surface area contributed by atoms with E-state index in [-0.39, 0.29) is 11.9 Å². The van der Waals surface area contributed by atoms with Crippen molar-refractivity contribution in [3.05, 3.63) is 34.3 Å². The second-order valence-electron chi connectivity index (χ2n) is 5.02. The predicted molar refractivity (Wildman–Crippen MR) is 73.8 cm³/mol. The molecular formula is C14H19ClN2O. The van der Waals surface area contributed by atoms with Crippen molar-refractivity contribution in [2.75, 3.05) is 13.6 Å². The maximum atomic E-state index is 12.4. The summed E-state index contributed by atoms with van der Waals surface area (Å²) < 4.78 is 0. The van der Waals surface area contributed by atoms with E-state index < -0.39 is 0 Å². The molecule has 1 aromatic carbocycles. The number of hydrogen-bond acceptors (Lipinski definition) is 2. The highest BCUT2D eigenvalue weighted by Crippen LogP contribution is 2.35. The van der Waals surface area contributed by atoms with Crippen LogP contribution in [-0.2, 0) is 0 Å². The number of carbonyl (C=O) groups is 1. The first-order chi connectivity index (χ1) is 8.54. The molecule has 0 heterocycles. The van der Waals surface area contributed by atoms with Crippen molar-refractivity contribution >= 4 is 17.5 Å². The monoisotopic (exact) mass is 266 g/mol. The molecule has 1 aliphatic carbocycles. The molecule has 2 N–H and O–H groups in total. The van der Waals surface area contributed by atoms with E-state index in [0.29, 0.717) is 23.0 Å². The van der Waals surface area contributed by atoms with Gasteiger partial charge in [-0.3, -0.25) is 4.79 Å². The SMILES string of the molecule is Cc1ccc(C(=O)N(C)C(CN)C2CC2)cc1Cl. The van der Waals surface area contributed by atoms with Crippen LogP contribution < -0.4 is 5.73 Å². The van der Waals surface area contributed by atoms with Gasteiger partial charge < -0.3 is 10.6 Å². The van der Waals surface area contributed by atoms with E-state index in [4.69, 9.17) is 17.3 Å². The number of halogens is 1. The molecule has 18 heavy (non-hydrogen) atoms. The van der Waals surface area contributed by atoms with Crippen LogP contribution in [0, 0.1) is 12.8 Å². The van der Waals surface area contributed by atoms with Gasteiger partial charge in [-0.2, -0.15) is 0 Å². The van der Waals surface area contributed by atoms with Gasteiger partial charge in [0.05, 0.1) is 0 Å². The molecule has 1 saturated carbocycles. The average molecular weight is 267 g/mol. The Morgan fingerprint density at radius 1 is 1.56 bits per heavy atom. The Hall–Kier alpha value is -1.06. The Labute approximate surface area is 113 Å². The van der Waals surface area contributed by atoms with Crippen molar-refractivity contribution in [2.24, 2.45) is 11.7 Å². The number of benzene rings is 1. The number of hydrogen-bond donors (Lipinski definition) is 1. The first-order valence-electron chi connectivity index (χ1n) is 6.28. The Balaban J connectivity index is 2.16. The summed E-state index contributed by atoms with van der Waals surface area (Å²) in [5.74, 6) is 0.573. The molecule has 1 aromatic rings. The van der Waals surface area contributed by atoms with Gasteiger partial charge in [0, 0.05) is 30.2 Å². The summed E-state index contributed by atoms with van der Waals surface area (Å²) >= 11 is 6.06. The quantitative estimate of drug-likeness (QED) is 0.910. The third-order valence-corrected chi connectivity index (χ3v) is 4.05. The van der Waals surface area contributed by atoms with Gasteiger partial charge in [-0.15, -0.1) is 0 Å². The van der Waals surface area contributed by atoms with Crippen LogP contribution in [0.3, 0.4) is 0 Å². The lowest BCUT2D eigenvalue weighted by molar-refractivity contribution is 0.0718. The molecule has 0 aromatic heterocycles. The Bertz CT molecular complexity index is 457. The van der Waals surface area contributed by atoms with Crippen molar-refractivity contribution in [1.82, 2.24) is 4.90 Å². The van der Waals surface area contributed by atoms with E-state index in [9.17, 15) is 4.79 Å². The number of likely N-dealkylation sites (N-methyl/N-ethyl adjacent to an activating group) is 1. The summed E-state index contributed by atoms with van der Waals surface area (Å²) in [6.07, 6.45) is 2.35. The zero-order chi connectivity index (χ0) is 13.3. The molecule has 1 fully saturated rings. The molecule has 98 valence electrons. The van der Waals surface area contributed by atoms with E-state index in [1.807, 2.05) is 26.1 Å². The molecule has 1 unspecified atom stereocenters. The standard InChI is InChI=1S/C14H19ClN2O/c1-9-3-4-11(7-12(9)15)14(18)17(2)13(8-16)10-5-6-10/h3-4,7,10,13H,5-6,8,16H2,1-2H3. The van der Waals surface area contributed by atoms with Gasteiger partial charge in [0.2, 0.25) is 0 Å². The minimum atomic E-state index is -0.000694. The van der Waals surface area contributed by atoms with Gasteiger partial charge in [-0.05, 0) is 43.4 Å². The molecule has 0 aliphatic heterocycles. The van der Waals surface area contributed by atoms with Crippen LogP contribution in [0.2, 0.25) is 5.02 Å². The fraction of sp³-hybridized carbons (Fsp3) is 0.500. The third kappa shape index (κ3) is 2.68. The Morgan fingerprint density at radius 3 is 2.72 bits per heavy atom. The molecule has 4 heteroatoms. The minimum Gasteiger partial charge on any atom is -0.337 e. The lowest BCUT2D eigenvalue weighted by Gasteiger charge is -2.27. The summed E-state index contributed by atoms with van der Waals surface area (Å²) in [6, 6.07) is 5.58. The number of nitrogens with zero attached hydrogens (tertiary/aromatic N) is 1. The first-order valence-corrected chi connectivity index (χ1v) is 6.65. The van der Waals surface area contributed by atoms with Gasteiger partial charge in [0.25, 0.3) is 5.91 Å². The number of aryl methyl sites for hydroxylation is 1. The molecule has 2 rings (SSSR count). The number of rotatable bonds is 4. The van der Waals surface area contributed by atoms with Crippen LogP contribution in [0.15, 0.2) is 18.2 Å². The van der Waals surface area contributed by atoms with Gasteiger partial charge >= 0.3 is 0 Å². The topological polar surface area (TPSA) is 46.3 Å². The number of carbonyl (C=O) groups excluding carboxylic acids is 1. The second kappa shape index (κ2) is 5.29. The molecule has 0 radical (unpaired) electrons.